The first kappa shape index (κ1) is 27.2. The number of hydrogen-bond acceptors (Lipinski definition) is 3. The Bertz CT molecular complexity index is 1750. The van der Waals surface area contributed by atoms with Crippen molar-refractivity contribution >= 4 is 0 Å². The summed E-state index contributed by atoms with van der Waals surface area (Å²) in [5.74, 6) is 1.68. The van der Waals surface area contributed by atoms with Gasteiger partial charge in [0.25, 0.3) is 0 Å². The number of aromatic nitrogens is 2. The number of hydrogen-bond donors (Lipinski definition) is 0. The van der Waals surface area contributed by atoms with Gasteiger partial charge in [-0.05, 0) is 54.1 Å². The fraction of sp³-hybridized carbons (Fsp3) is 0.0556. The zero-order valence-electron chi connectivity index (χ0n) is 22.2. The van der Waals surface area contributed by atoms with Gasteiger partial charge in [-0.25, -0.2) is 0 Å². The summed E-state index contributed by atoms with van der Waals surface area (Å²) in [6.07, 6.45) is 3.71. The van der Waals surface area contributed by atoms with E-state index < -0.39 is 0 Å². The molecule has 3 heterocycles. The van der Waals surface area contributed by atoms with Gasteiger partial charge in [0.1, 0.15) is 5.75 Å². The van der Waals surface area contributed by atoms with Crippen LogP contribution in [0.4, 0.5) is 0 Å². The third-order valence-corrected chi connectivity index (χ3v) is 6.83. The smallest absolute Gasteiger partial charge is 0.122 e. The molecule has 0 saturated carbocycles. The molecule has 40 heavy (non-hydrogen) atoms. The van der Waals surface area contributed by atoms with E-state index in [1.165, 1.54) is 16.7 Å². The molecule has 6 aromatic rings. The molecule has 0 N–H and O–H groups in total. The molecule has 3 nitrogen and oxygen atoms in total. The van der Waals surface area contributed by atoms with E-state index in [1.807, 2.05) is 72.9 Å². The monoisotopic (exact) mass is 695 g/mol. The Morgan fingerprint density at radius 3 is 2.02 bits per heavy atom. The first-order chi connectivity index (χ1) is 19.2. The standard InChI is InChI=1S/C23H14NO.C13H12N.Ir/c1-2-8-18-17(7-1)19-9-3-4-11-22(19)25-23-13-12-16(15-20(18)23)21-10-5-6-14-24-21;1-10-8-13(14-9-11(10)2)12-6-4-3-5-7-12;/h1-11,13-15H;3-6,8-9H,1-2H3;/q2*-1;. The summed E-state index contributed by atoms with van der Waals surface area (Å²) in [7, 11) is 0. The second-order valence-corrected chi connectivity index (χ2v) is 9.41. The first-order valence-electron chi connectivity index (χ1n) is 12.9. The molecular formula is C36H26IrN2O-2. The van der Waals surface area contributed by atoms with Crippen LogP contribution >= 0.6 is 0 Å². The van der Waals surface area contributed by atoms with E-state index >= 15 is 0 Å². The largest absolute Gasteiger partial charge is 0.500 e. The molecule has 2 aromatic heterocycles. The average molecular weight is 695 g/mol. The number of para-hydroxylation sites is 1. The van der Waals surface area contributed by atoms with Gasteiger partial charge in [0.2, 0.25) is 0 Å². The van der Waals surface area contributed by atoms with Crippen molar-refractivity contribution in [2.75, 3.05) is 0 Å². The number of benzene rings is 4. The van der Waals surface area contributed by atoms with Crippen LogP contribution in [0.2, 0.25) is 0 Å². The van der Waals surface area contributed by atoms with Gasteiger partial charge >= 0.3 is 0 Å². The SMILES string of the molecule is Cc1cnc(-c2[c-]cccc2)cc1C.[Ir].[c-]1cc2c(cc1-c1ccccn1)-c1ccccc1-c1ccccc1O2. The Balaban J connectivity index is 0.000000184. The van der Waals surface area contributed by atoms with E-state index in [9.17, 15) is 0 Å². The molecule has 1 aliphatic heterocycles. The van der Waals surface area contributed by atoms with E-state index in [1.54, 1.807) is 6.20 Å². The van der Waals surface area contributed by atoms with Gasteiger partial charge in [-0.1, -0.05) is 71.8 Å². The molecule has 4 aromatic carbocycles. The van der Waals surface area contributed by atoms with Crippen molar-refractivity contribution in [3.05, 3.63) is 145 Å². The Morgan fingerprint density at radius 2 is 1.30 bits per heavy atom. The molecular weight excluding hydrogens is 669 g/mol. The maximum atomic E-state index is 6.22. The van der Waals surface area contributed by atoms with Crippen molar-refractivity contribution in [1.82, 2.24) is 9.97 Å². The van der Waals surface area contributed by atoms with Gasteiger partial charge in [-0.3, -0.25) is 0 Å². The van der Waals surface area contributed by atoms with Crippen LogP contribution in [0.1, 0.15) is 11.1 Å². The minimum absolute atomic E-state index is 0. The Hall–Kier alpha value is -4.37. The normalized spacial score (nSPS) is 10.8. The predicted molar refractivity (Wildman–Crippen MR) is 157 cm³/mol. The van der Waals surface area contributed by atoms with Gasteiger partial charge in [0, 0.05) is 38.1 Å². The minimum atomic E-state index is 0. The maximum absolute atomic E-state index is 6.22. The second kappa shape index (κ2) is 12.2. The fourth-order valence-electron chi connectivity index (χ4n) is 4.62. The van der Waals surface area contributed by atoms with Crippen LogP contribution in [0.15, 0.2) is 122 Å². The molecule has 0 fully saturated rings. The zero-order valence-corrected chi connectivity index (χ0v) is 24.6. The van der Waals surface area contributed by atoms with E-state index in [4.69, 9.17) is 4.74 Å². The number of aryl methyl sites for hydroxylation is 2. The number of nitrogens with zero attached hydrogens (tertiary/aromatic N) is 2. The summed E-state index contributed by atoms with van der Waals surface area (Å²) in [5.41, 5.74) is 10.9. The number of pyridine rings is 2. The topological polar surface area (TPSA) is 35.0 Å². The molecule has 0 unspecified atom stereocenters. The van der Waals surface area contributed by atoms with Gasteiger partial charge < -0.3 is 14.7 Å². The van der Waals surface area contributed by atoms with Crippen LogP contribution in [-0.2, 0) is 20.1 Å². The molecule has 0 amide bonds. The molecule has 7 rings (SSSR count). The first-order valence-corrected chi connectivity index (χ1v) is 12.9. The van der Waals surface area contributed by atoms with Gasteiger partial charge in [-0.15, -0.1) is 59.7 Å². The summed E-state index contributed by atoms with van der Waals surface area (Å²) in [6, 6.07) is 43.0. The quantitative estimate of drug-likeness (QED) is 0.169. The van der Waals surface area contributed by atoms with Crippen LogP contribution in [0, 0.1) is 26.0 Å². The summed E-state index contributed by atoms with van der Waals surface area (Å²) in [6.45, 7) is 4.17. The summed E-state index contributed by atoms with van der Waals surface area (Å²) in [4.78, 5) is 8.82. The van der Waals surface area contributed by atoms with Crippen molar-refractivity contribution < 1.29 is 24.8 Å². The Morgan fingerprint density at radius 1 is 0.575 bits per heavy atom. The number of ether oxygens (including phenoxy) is 1. The van der Waals surface area contributed by atoms with Crippen molar-refractivity contribution in [3.8, 4) is 56.3 Å². The van der Waals surface area contributed by atoms with Gasteiger partial charge in [-0.2, -0.15) is 0 Å². The molecule has 0 spiro atoms. The zero-order chi connectivity index (χ0) is 26.6. The summed E-state index contributed by atoms with van der Waals surface area (Å²) in [5, 5.41) is 0. The van der Waals surface area contributed by atoms with Crippen molar-refractivity contribution in [1.29, 1.82) is 0 Å². The van der Waals surface area contributed by atoms with E-state index in [-0.39, 0.29) is 20.1 Å². The Kier molecular flexibility index (Phi) is 8.31. The second-order valence-electron chi connectivity index (χ2n) is 9.41. The van der Waals surface area contributed by atoms with Gasteiger partial charge in [0.05, 0.1) is 5.75 Å². The summed E-state index contributed by atoms with van der Waals surface area (Å²) < 4.78 is 6.22. The fourth-order valence-corrected chi connectivity index (χ4v) is 4.62. The van der Waals surface area contributed by atoms with E-state index in [2.05, 4.69) is 78.4 Å². The van der Waals surface area contributed by atoms with E-state index in [0.717, 1.165) is 50.7 Å². The molecule has 0 aliphatic carbocycles. The van der Waals surface area contributed by atoms with E-state index in [0.29, 0.717) is 0 Å². The molecule has 1 aliphatic rings. The van der Waals surface area contributed by atoms with Crippen LogP contribution in [-0.4, -0.2) is 9.97 Å². The number of rotatable bonds is 2. The van der Waals surface area contributed by atoms with Crippen LogP contribution < -0.4 is 4.74 Å². The minimum Gasteiger partial charge on any atom is -0.500 e. The third kappa shape index (κ3) is 5.65. The van der Waals surface area contributed by atoms with Crippen LogP contribution in [0.3, 0.4) is 0 Å². The van der Waals surface area contributed by atoms with Gasteiger partial charge in [0.15, 0.2) is 0 Å². The molecule has 1 radical (unpaired) electrons. The molecule has 0 bridgehead atoms. The predicted octanol–water partition coefficient (Wildman–Crippen LogP) is 9.15. The Labute approximate surface area is 248 Å². The molecule has 197 valence electrons. The van der Waals surface area contributed by atoms with Crippen molar-refractivity contribution in [3.63, 3.8) is 0 Å². The average Bonchev–Trinajstić information content (AvgIpc) is 3.14. The van der Waals surface area contributed by atoms with Crippen LogP contribution in [0.5, 0.6) is 11.5 Å². The number of fused-ring (bicyclic) bond motifs is 5. The molecule has 0 saturated heterocycles. The molecule has 4 heteroatoms. The van der Waals surface area contributed by atoms with Crippen molar-refractivity contribution in [2.24, 2.45) is 0 Å². The third-order valence-electron chi connectivity index (χ3n) is 6.83. The maximum Gasteiger partial charge on any atom is 0.122 e. The van der Waals surface area contributed by atoms with Crippen molar-refractivity contribution in [2.45, 2.75) is 13.8 Å². The molecule has 0 atom stereocenters. The van der Waals surface area contributed by atoms with Crippen LogP contribution in [0.25, 0.3) is 44.8 Å². The summed E-state index contributed by atoms with van der Waals surface area (Å²) >= 11 is 0.